The minimum Gasteiger partial charge on any atom is -0.314 e. The summed E-state index contributed by atoms with van der Waals surface area (Å²) < 4.78 is 13.1. The summed E-state index contributed by atoms with van der Waals surface area (Å²) in [4.78, 5) is 2.43. The first-order chi connectivity index (χ1) is 9.24. The minimum absolute atomic E-state index is 0.144. The predicted molar refractivity (Wildman–Crippen MR) is 75.5 cm³/mol. The van der Waals surface area contributed by atoms with Gasteiger partial charge in [-0.05, 0) is 62.9 Å². The van der Waals surface area contributed by atoms with Crippen molar-refractivity contribution in [3.63, 3.8) is 0 Å². The van der Waals surface area contributed by atoms with Gasteiger partial charge in [0.2, 0.25) is 0 Å². The summed E-state index contributed by atoms with van der Waals surface area (Å²) in [5.74, 6) is 0.500. The fraction of sp³-hybridized carbons (Fsp3) is 0.625. The van der Waals surface area contributed by atoms with E-state index in [2.05, 4.69) is 17.3 Å². The van der Waals surface area contributed by atoms with E-state index in [1.54, 1.807) is 12.1 Å². The molecule has 19 heavy (non-hydrogen) atoms. The molecule has 2 aliphatic rings. The van der Waals surface area contributed by atoms with Crippen LogP contribution in [0.1, 0.15) is 37.3 Å². The lowest BCUT2D eigenvalue weighted by atomic mass is 9.85. The Labute approximate surface area is 115 Å². The van der Waals surface area contributed by atoms with Crippen LogP contribution in [0.2, 0.25) is 0 Å². The predicted octanol–water partition coefficient (Wildman–Crippen LogP) is 2.96. The maximum atomic E-state index is 13.1. The van der Waals surface area contributed by atoms with Crippen molar-refractivity contribution in [3.8, 4) is 0 Å². The highest BCUT2D eigenvalue weighted by atomic mass is 19.1. The lowest BCUT2D eigenvalue weighted by Crippen LogP contribution is -2.40. The van der Waals surface area contributed by atoms with Gasteiger partial charge in [-0.15, -0.1) is 0 Å². The lowest BCUT2D eigenvalue weighted by molar-refractivity contribution is 0.119. The highest BCUT2D eigenvalue weighted by Gasteiger charge is 2.31. The summed E-state index contributed by atoms with van der Waals surface area (Å²) >= 11 is 0. The molecule has 1 aliphatic heterocycles. The van der Waals surface area contributed by atoms with E-state index in [4.69, 9.17) is 0 Å². The molecular weight excluding hydrogens is 239 g/mol. The molecular formula is C16H23FN2. The van der Waals surface area contributed by atoms with Crippen molar-refractivity contribution in [1.29, 1.82) is 0 Å². The van der Waals surface area contributed by atoms with Gasteiger partial charge in [0.15, 0.2) is 0 Å². The summed E-state index contributed by atoms with van der Waals surface area (Å²) in [6.45, 7) is 2.24. The minimum atomic E-state index is -0.144. The molecule has 3 rings (SSSR count). The normalized spacial score (nSPS) is 28.5. The van der Waals surface area contributed by atoms with Crippen LogP contribution in [0.15, 0.2) is 24.3 Å². The van der Waals surface area contributed by atoms with Gasteiger partial charge < -0.3 is 5.32 Å². The molecule has 1 heterocycles. The maximum Gasteiger partial charge on any atom is 0.123 e. The molecule has 104 valence electrons. The van der Waals surface area contributed by atoms with Crippen LogP contribution in [0.5, 0.6) is 0 Å². The first-order valence-corrected chi connectivity index (χ1v) is 7.43. The van der Waals surface area contributed by atoms with E-state index >= 15 is 0 Å². The van der Waals surface area contributed by atoms with E-state index in [0.717, 1.165) is 19.1 Å². The summed E-state index contributed by atoms with van der Waals surface area (Å²) in [6.07, 6.45) is 5.21. The van der Waals surface area contributed by atoms with Gasteiger partial charge in [0.05, 0.1) is 0 Å². The Bertz CT molecular complexity index is 413. The highest BCUT2D eigenvalue weighted by Crippen LogP contribution is 2.35. The van der Waals surface area contributed by atoms with Crippen LogP contribution in [0.3, 0.4) is 0 Å². The van der Waals surface area contributed by atoms with Crippen molar-refractivity contribution in [2.45, 2.75) is 37.8 Å². The molecule has 1 aliphatic carbocycles. The molecule has 1 aromatic carbocycles. The van der Waals surface area contributed by atoms with E-state index in [1.807, 2.05) is 12.1 Å². The number of likely N-dealkylation sites (tertiary alicyclic amines) is 1. The standard InChI is InChI=1S/C16H23FN2/c1-19-10-2-3-13(11-18-15-8-9-15)16(19)12-4-6-14(17)7-5-12/h4-7,13,15-16,18H,2-3,8-11H2,1H3. The molecule has 2 atom stereocenters. The maximum absolute atomic E-state index is 13.1. The Balaban J connectivity index is 1.73. The number of hydrogen-bond donors (Lipinski definition) is 1. The average Bonchev–Trinajstić information content (AvgIpc) is 3.22. The van der Waals surface area contributed by atoms with Crippen LogP contribution >= 0.6 is 0 Å². The van der Waals surface area contributed by atoms with Gasteiger partial charge in [-0.2, -0.15) is 0 Å². The third-order valence-corrected chi connectivity index (χ3v) is 4.46. The molecule has 0 radical (unpaired) electrons. The molecule has 0 spiro atoms. The van der Waals surface area contributed by atoms with Gasteiger partial charge in [0.1, 0.15) is 5.82 Å². The van der Waals surface area contributed by atoms with Crippen LogP contribution in [-0.4, -0.2) is 31.1 Å². The first kappa shape index (κ1) is 13.1. The highest BCUT2D eigenvalue weighted by molar-refractivity contribution is 5.21. The van der Waals surface area contributed by atoms with Crippen LogP contribution < -0.4 is 5.32 Å². The Kier molecular flexibility index (Phi) is 3.85. The molecule has 0 amide bonds. The van der Waals surface area contributed by atoms with Gasteiger partial charge in [-0.25, -0.2) is 4.39 Å². The second-order valence-electron chi connectivity index (χ2n) is 6.06. The van der Waals surface area contributed by atoms with Gasteiger partial charge in [-0.1, -0.05) is 12.1 Å². The molecule has 2 fully saturated rings. The Morgan fingerprint density at radius 1 is 1.21 bits per heavy atom. The zero-order valence-corrected chi connectivity index (χ0v) is 11.6. The molecule has 1 N–H and O–H groups in total. The Morgan fingerprint density at radius 3 is 2.63 bits per heavy atom. The van der Waals surface area contributed by atoms with E-state index in [9.17, 15) is 4.39 Å². The van der Waals surface area contributed by atoms with Crippen molar-refractivity contribution in [1.82, 2.24) is 10.2 Å². The van der Waals surface area contributed by atoms with E-state index < -0.39 is 0 Å². The largest absolute Gasteiger partial charge is 0.314 e. The second-order valence-corrected chi connectivity index (χ2v) is 6.06. The number of benzene rings is 1. The van der Waals surface area contributed by atoms with Crippen LogP contribution in [0, 0.1) is 11.7 Å². The summed E-state index contributed by atoms with van der Waals surface area (Å²) in [6, 6.07) is 8.27. The monoisotopic (exact) mass is 262 g/mol. The van der Waals surface area contributed by atoms with Crippen LogP contribution in [-0.2, 0) is 0 Å². The Morgan fingerprint density at radius 2 is 1.95 bits per heavy atom. The molecule has 2 nitrogen and oxygen atoms in total. The van der Waals surface area contributed by atoms with Crippen molar-refractivity contribution in [3.05, 3.63) is 35.6 Å². The van der Waals surface area contributed by atoms with Gasteiger partial charge in [-0.3, -0.25) is 4.90 Å². The summed E-state index contributed by atoms with van der Waals surface area (Å²) in [5, 5.41) is 3.66. The molecule has 0 bridgehead atoms. The topological polar surface area (TPSA) is 15.3 Å². The number of piperidine rings is 1. The number of nitrogens with one attached hydrogen (secondary N) is 1. The summed E-state index contributed by atoms with van der Waals surface area (Å²) in [7, 11) is 2.19. The second kappa shape index (κ2) is 5.59. The molecule has 0 aromatic heterocycles. The van der Waals surface area contributed by atoms with E-state index in [1.165, 1.54) is 31.2 Å². The van der Waals surface area contributed by atoms with Crippen molar-refractivity contribution in [2.75, 3.05) is 20.1 Å². The number of hydrogen-bond acceptors (Lipinski definition) is 2. The van der Waals surface area contributed by atoms with E-state index in [-0.39, 0.29) is 5.82 Å². The number of nitrogens with zero attached hydrogens (tertiary/aromatic N) is 1. The van der Waals surface area contributed by atoms with Gasteiger partial charge >= 0.3 is 0 Å². The van der Waals surface area contributed by atoms with Crippen LogP contribution in [0.4, 0.5) is 4.39 Å². The molecule has 3 heteroatoms. The number of halogens is 1. The van der Waals surface area contributed by atoms with Crippen molar-refractivity contribution >= 4 is 0 Å². The first-order valence-electron chi connectivity index (χ1n) is 7.43. The summed E-state index contributed by atoms with van der Waals surface area (Å²) in [5.41, 5.74) is 1.26. The third-order valence-electron chi connectivity index (χ3n) is 4.46. The molecule has 1 saturated heterocycles. The molecule has 1 saturated carbocycles. The smallest absolute Gasteiger partial charge is 0.123 e. The van der Waals surface area contributed by atoms with E-state index in [0.29, 0.717) is 12.0 Å². The Hall–Kier alpha value is -0.930. The fourth-order valence-electron chi connectivity index (χ4n) is 3.27. The number of rotatable bonds is 4. The van der Waals surface area contributed by atoms with Gasteiger partial charge in [0.25, 0.3) is 0 Å². The van der Waals surface area contributed by atoms with Crippen LogP contribution in [0.25, 0.3) is 0 Å². The SMILES string of the molecule is CN1CCCC(CNC2CC2)C1c1ccc(F)cc1. The lowest BCUT2D eigenvalue weighted by Gasteiger charge is -2.39. The average molecular weight is 262 g/mol. The van der Waals surface area contributed by atoms with Gasteiger partial charge in [0, 0.05) is 18.6 Å². The third kappa shape index (κ3) is 3.15. The van der Waals surface area contributed by atoms with Crippen molar-refractivity contribution in [2.24, 2.45) is 5.92 Å². The quantitative estimate of drug-likeness (QED) is 0.897. The fourth-order valence-corrected chi connectivity index (χ4v) is 3.27. The zero-order valence-electron chi connectivity index (χ0n) is 11.6. The molecule has 1 aromatic rings. The zero-order chi connectivity index (χ0) is 13.2. The van der Waals surface area contributed by atoms with Crippen molar-refractivity contribution < 1.29 is 4.39 Å². The molecule has 2 unspecified atom stereocenters.